The van der Waals surface area contributed by atoms with E-state index >= 15 is 0 Å². The monoisotopic (exact) mass is 416 g/mol. The van der Waals surface area contributed by atoms with Crippen LogP contribution in [-0.4, -0.2) is 57.8 Å². The number of methoxy groups -OCH3 is 2. The van der Waals surface area contributed by atoms with E-state index in [4.69, 9.17) is 9.47 Å². The van der Waals surface area contributed by atoms with Gasteiger partial charge >= 0.3 is 0 Å². The van der Waals surface area contributed by atoms with Crippen molar-refractivity contribution in [2.45, 2.75) is 31.8 Å². The maximum absolute atomic E-state index is 5.39. The predicted molar refractivity (Wildman–Crippen MR) is 120 cm³/mol. The second-order valence-corrected chi connectivity index (χ2v) is 8.28. The number of benzene rings is 1. The lowest BCUT2D eigenvalue weighted by atomic mass is 10.1. The Hall–Kier alpha value is -2.25. The number of thiophene rings is 1. The zero-order chi connectivity index (χ0) is 20.6. The van der Waals surface area contributed by atoms with Crippen molar-refractivity contribution < 1.29 is 9.47 Å². The standard InChI is InChI=1S/C22H32N4O2S/c1-16(18-6-8-29-15-18)12-24-22(23-2)25-19-5-7-26(14-19)13-17-9-20(27-3)11-21(10-17)28-4/h6,8-11,15-16,19H,5,7,12-14H2,1-4H3,(H2,23,24,25). The summed E-state index contributed by atoms with van der Waals surface area (Å²) in [5.74, 6) is 3.00. The Morgan fingerprint density at radius 3 is 2.66 bits per heavy atom. The van der Waals surface area contributed by atoms with Crippen molar-refractivity contribution in [2.24, 2.45) is 4.99 Å². The van der Waals surface area contributed by atoms with Gasteiger partial charge in [-0.1, -0.05) is 6.92 Å². The van der Waals surface area contributed by atoms with Gasteiger partial charge in [0.25, 0.3) is 0 Å². The lowest BCUT2D eigenvalue weighted by Gasteiger charge is -2.20. The molecule has 1 aromatic heterocycles. The summed E-state index contributed by atoms with van der Waals surface area (Å²) in [7, 11) is 5.21. The minimum atomic E-state index is 0.394. The summed E-state index contributed by atoms with van der Waals surface area (Å²) in [5.41, 5.74) is 2.58. The molecular weight excluding hydrogens is 384 g/mol. The van der Waals surface area contributed by atoms with Crippen LogP contribution in [0.15, 0.2) is 40.0 Å². The lowest BCUT2D eigenvalue weighted by molar-refractivity contribution is 0.321. The zero-order valence-corrected chi connectivity index (χ0v) is 18.6. The summed E-state index contributed by atoms with van der Waals surface area (Å²) in [6, 6.07) is 8.65. The molecule has 0 radical (unpaired) electrons. The minimum absolute atomic E-state index is 0.394. The highest BCUT2D eigenvalue weighted by Gasteiger charge is 2.23. The molecule has 0 spiro atoms. The van der Waals surface area contributed by atoms with Crippen LogP contribution in [0.1, 0.15) is 30.4 Å². The average Bonchev–Trinajstić information content (AvgIpc) is 3.42. The van der Waals surface area contributed by atoms with Crippen LogP contribution in [-0.2, 0) is 6.54 Å². The second-order valence-electron chi connectivity index (χ2n) is 7.50. The topological polar surface area (TPSA) is 58.1 Å². The first kappa shape index (κ1) is 21.5. The minimum Gasteiger partial charge on any atom is -0.497 e. The molecule has 2 unspecified atom stereocenters. The molecule has 3 rings (SSSR count). The summed E-state index contributed by atoms with van der Waals surface area (Å²) < 4.78 is 10.8. The van der Waals surface area contributed by atoms with Crippen LogP contribution in [0.3, 0.4) is 0 Å². The first-order valence-electron chi connectivity index (χ1n) is 10.0. The first-order valence-corrected chi connectivity index (χ1v) is 11.0. The molecule has 2 N–H and O–H groups in total. The van der Waals surface area contributed by atoms with Crippen LogP contribution in [0.25, 0.3) is 0 Å². The van der Waals surface area contributed by atoms with E-state index < -0.39 is 0 Å². The van der Waals surface area contributed by atoms with Crippen molar-refractivity contribution >= 4 is 17.3 Å². The van der Waals surface area contributed by atoms with Crippen LogP contribution in [0.2, 0.25) is 0 Å². The maximum atomic E-state index is 5.39. The van der Waals surface area contributed by atoms with E-state index in [0.717, 1.165) is 50.1 Å². The van der Waals surface area contributed by atoms with Gasteiger partial charge in [0, 0.05) is 45.3 Å². The molecule has 2 aromatic rings. The molecule has 0 bridgehead atoms. The summed E-state index contributed by atoms with van der Waals surface area (Å²) in [5, 5.41) is 11.4. The van der Waals surface area contributed by atoms with E-state index in [1.54, 1.807) is 25.6 Å². The Balaban J connectivity index is 1.48. The molecule has 7 heteroatoms. The summed E-state index contributed by atoms with van der Waals surface area (Å²) in [6.45, 7) is 6.03. The third kappa shape index (κ3) is 6.11. The van der Waals surface area contributed by atoms with Gasteiger partial charge in [0.2, 0.25) is 0 Å². The van der Waals surface area contributed by atoms with Crippen LogP contribution in [0.5, 0.6) is 11.5 Å². The van der Waals surface area contributed by atoms with Gasteiger partial charge in [-0.25, -0.2) is 0 Å². The lowest BCUT2D eigenvalue weighted by Crippen LogP contribution is -2.45. The molecule has 2 atom stereocenters. The maximum Gasteiger partial charge on any atom is 0.191 e. The summed E-state index contributed by atoms with van der Waals surface area (Å²) in [4.78, 5) is 6.86. The number of hydrogen-bond acceptors (Lipinski definition) is 5. The van der Waals surface area contributed by atoms with Gasteiger partial charge < -0.3 is 20.1 Å². The number of rotatable bonds is 8. The fourth-order valence-electron chi connectivity index (χ4n) is 3.62. The molecule has 29 heavy (non-hydrogen) atoms. The normalized spacial score (nSPS) is 18.5. The number of nitrogens with zero attached hydrogens (tertiary/aromatic N) is 2. The van der Waals surface area contributed by atoms with Gasteiger partial charge in [0.15, 0.2) is 5.96 Å². The SMILES string of the molecule is CN=C(NCC(C)c1ccsc1)NC1CCN(Cc2cc(OC)cc(OC)c2)C1. The highest BCUT2D eigenvalue weighted by molar-refractivity contribution is 7.07. The highest BCUT2D eigenvalue weighted by Crippen LogP contribution is 2.24. The number of likely N-dealkylation sites (tertiary alicyclic amines) is 1. The van der Waals surface area contributed by atoms with E-state index in [-0.39, 0.29) is 0 Å². The van der Waals surface area contributed by atoms with Crippen molar-refractivity contribution in [2.75, 3.05) is 40.9 Å². The molecule has 158 valence electrons. The van der Waals surface area contributed by atoms with E-state index in [1.165, 1.54) is 11.1 Å². The first-order chi connectivity index (χ1) is 14.1. The van der Waals surface area contributed by atoms with Gasteiger partial charge in [-0.05, 0) is 52.4 Å². The van der Waals surface area contributed by atoms with E-state index in [9.17, 15) is 0 Å². The molecular formula is C22H32N4O2S. The predicted octanol–water partition coefficient (Wildman–Crippen LogP) is 3.31. The van der Waals surface area contributed by atoms with Crippen molar-refractivity contribution in [3.63, 3.8) is 0 Å². The number of guanidine groups is 1. The molecule has 1 fully saturated rings. The van der Waals surface area contributed by atoms with Crippen molar-refractivity contribution in [3.8, 4) is 11.5 Å². The van der Waals surface area contributed by atoms with Gasteiger partial charge in [-0.3, -0.25) is 9.89 Å². The average molecular weight is 417 g/mol. The van der Waals surface area contributed by atoms with E-state index in [1.807, 2.05) is 13.1 Å². The Kier molecular flexibility index (Phi) is 7.77. The summed E-state index contributed by atoms with van der Waals surface area (Å²) in [6.07, 6.45) is 1.10. The molecule has 0 aliphatic carbocycles. The molecule has 1 aromatic carbocycles. The number of nitrogens with one attached hydrogen (secondary N) is 2. The fourth-order valence-corrected chi connectivity index (χ4v) is 4.40. The molecule has 1 aliphatic rings. The van der Waals surface area contributed by atoms with E-state index in [2.05, 4.69) is 56.4 Å². The van der Waals surface area contributed by atoms with Gasteiger partial charge in [-0.2, -0.15) is 11.3 Å². The Morgan fingerprint density at radius 1 is 1.28 bits per heavy atom. The third-order valence-electron chi connectivity index (χ3n) is 5.34. The molecule has 1 aliphatic heterocycles. The molecule has 0 saturated carbocycles. The number of aliphatic imine (C=N–C) groups is 1. The Bertz CT molecular complexity index is 772. The summed E-state index contributed by atoms with van der Waals surface area (Å²) >= 11 is 1.74. The highest BCUT2D eigenvalue weighted by atomic mass is 32.1. The smallest absolute Gasteiger partial charge is 0.191 e. The largest absolute Gasteiger partial charge is 0.497 e. The number of hydrogen-bond donors (Lipinski definition) is 2. The Morgan fingerprint density at radius 2 is 2.03 bits per heavy atom. The van der Waals surface area contributed by atoms with Crippen LogP contribution >= 0.6 is 11.3 Å². The zero-order valence-electron chi connectivity index (χ0n) is 17.8. The van der Waals surface area contributed by atoms with Crippen molar-refractivity contribution in [3.05, 3.63) is 46.2 Å². The van der Waals surface area contributed by atoms with Crippen LogP contribution in [0, 0.1) is 0 Å². The Labute approximate surface area is 177 Å². The quantitative estimate of drug-likeness (QED) is 0.511. The van der Waals surface area contributed by atoms with Gasteiger partial charge in [0.05, 0.1) is 14.2 Å². The molecule has 0 amide bonds. The van der Waals surface area contributed by atoms with Crippen LogP contribution < -0.4 is 20.1 Å². The van der Waals surface area contributed by atoms with Gasteiger partial charge in [-0.15, -0.1) is 0 Å². The molecule has 1 saturated heterocycles. The van der Waals surface area contributed by atoms with Crippen LogP contribution in [0.4, 0.5) is 0 Å². The second kappa shape index (κ2) is 10.5. The molecule has 2 heterocycles. The number of ether oxygens (including phenoxy) is 2. The molecule has 6 nitrogen and oxygen atoms in total. The third-order valence-corrected chi connectivity index (χ3v) is 6.04. The van der Waals surface area contributed by atoms with E-state index in [0.29, 0.717) is 12.0 Å². The fraction of sp³-hybridized carbons (Fsp3) is 0.500. The van der Waals surface area contributed by atoms with Crippen molar-refractivity contribution in [1.29, 1.82) is 0 Å². The van der Waals surface area contributed by atoms with Crippen molar-refractivity contribution in [1.82, 2.24) is 15.5 Å². The van der Waals surface area contributed by atoms with Gasteiger partial charge in [0.1, 0.15) is 11.5 Å².